The number of ether oxygens (including phenoxy) is 2. The average Bonchev–Trinajstić information content (AvgIpc) is 3.22. The van der Waals surface area contributed by atoms with Crippen molar-refractivity contribution in [3.05, 3.63) is 64.8 Å². The number of thiazole rings is 1. The first-order valence-corrected chi connectivity index (χ1v) is 10.8. The van der Waals surface area contributed by atoms with Crippen LogP contribution in [-0.4, -0.2) is 36.9 Å². The molecule has 1 aromatic heterocycles. The van der Waals surface area contributed by atoms with Gasteiger partial charge in [-0.05, 0) is 24.3 Å². The third kappa shape index (κ3) is 3.82. The number of nitrogens with zero attached hydrogens (tertiary/aromatic N) is 2. The van der Waals surface area contributed by atoms with Crippen molar-refractivity contribution in [2.24, 2.45) is 0 Å². The van der Waals surface area contributed by atoms with Crippen molar-refractivity contribution in [3.8, 4) is 11.5 Å². The van der Waals surface area contributed by atoms with E-state index < -0.39 is 26.8 Å². The first kappa shape index (κ1) is 19.8. The van der Waals surface area contributed by atoms with E-state index >= 15 is 0 Å². The minimum absolute atomic E-state index is 0.00216. The van der Waals surface area contributed by atoms with E-state index in [0.717, 1.165) is 41.8 Å². The molecule has 10 nitrogen and oxygen atoms in total. The first-order valence-electron chi connectivity index (χ1n) is 8.49. The monoisotopic (exact) mass is 447 g/mol. The van der Waals surface area contributed by atoms with Crippen molar-refractivity contribution in [1.82, 2.24) is 4.98 Å². The second-order valence-corrected chi connectivity index (χ2v) is 9.30. The summed E-state index contributed by atoms with van der Waals surface area (Å²) in [6.07, 6.45) is 0.198. The van der Waals surface area contributed by atoms with E-state index in [9.17, 15) is 23.3 Å². The van der Waals surface area contributed by atoms with Crippen LogP contribution in [0.3, 0.4) is 0 Å². The van der Waals surface area contributed by atoms with Gasteiger partial charge in [-0.2, -0.15) is 0 Å². The van der Waals surface area contributed by atoms with Crippen LogP contribution in [0.1, 0.15) is 0 Å². The predicted octanol–water partition coefficient (Wildman–Crippen LogP) is 2.66. The highest BCUT2D eigenvalue weighted by atomic mass is 32.2. The fraction of sp³-hybridized carbons (Fsp3) is 0.111. The van der Waals surface area contributed by atoms with Crippen molar-refractivity contribution >= 4 is 37.9 Å². The second kappa shape index (κ2) is 7.72. The van der Waals surface area contributed by atoms with Gasteiger partial charge >= 0.3 is 0 Å². The Kier molecular flexibility index (Phi) is 5.10. The SMILES string of the molecule is O=C(Nc1ncc(S(=O)(=O)c2ccc([N+](=O)[O-])cc2)s1)[C@@H]1COc2ccccc2O1. The maximum atomic E-state index is 12.7. The normalized spacial score (nSPS) is 15.4. The summed E-state index contributed by atoms with van der Waals surface area (Å²) in [5.41, 5.74) is -0.220. The molecule has 0 spiro atoms. The van der Waals surface area contributed by atoms with Crippen molar-refractivity contribution in [2.75, 3.05) is 11.9 Å². The van der Waals surface area contributed by atoms with Crippen molar-refractivity contribution in [2.45, 2.75) is 15.2 Å². The van der Waals surface area contributed by atoms with Gasteiger partial charge in [-0.3, -0.25) is 20.2 Å². The van der Waals surface area contributed by atoms with Gasteiger partial charge in [0.2, 0.25) is 15.9 Å². The number of sulfone groups is 1. The number of non-ortho nitro benzene ring substituents is 1. The van der Waals surface area contributed by atoms with Crippen LogP contribution in [0.5, 0.6) is 11.5 Å². The molecule has 2 heterocycles. The molecule has 0 unspecified atom stereocenters. The van der Waals surface area contributed by atoms with Crippen molar-refractivity contribution in [1.29, 1.82) is 0 Å². The van der Waals surface area contributed by atoms with E-state index in [2.05, 4.69) is 10.3 Å². The molecule has 30 heavy (non-hydrogen) atoms. The molecule has 0 bridgehead atoms. The minimum Gasteiger partial charge on any atom is -0.485 e. The number of nitrogens with one attached hydrogen (secondary N) is 1. The van der Waals surface area contributed by atoms with Gasteiger partial charge in [0.15, 0.2) is 16.6 Å². The van der Waals surface area contributed by atoms with Crippen LogP contribution < -0.4 is 14.8 Å². The molecule has 0 saturated heterocycles. The summed E-state index contributed by atoms with van der Waals surface area (Å²) in [5, 5.41) is 13.3. The molecule has 0 aliphatic carbocycles. The fourth-order valence-electron chi connectivity index (χ4n) is 2.64. The number of aromatic nitrogens is 1. The highest BCUT2D eigenvalue weighted by Crippen LogP contribution is 2.32. The van der Waals surface area contributed by atoms with Crippen LogP contribution in [-0.2, 0) is 14.6 Å². The Morgan fingerprint density at radius 1 is 1.17 bits per heavy atom. The number of rotatable bonds is 5. The second-order valence-electron chi connectivity index (χ2n) is 6.09. The first-order chi connectivity index (χ1) is 14.3. The van der Waals surface area contributed by atoms with Crippen LogP contribution in [0.25, 0.3) is 0 Å². The molecule has 1 aliphatic rings. The van der Waals surface area contributed by atoms with Crippen LogP contribution in [0.2, 0.25) is 0 Å². The van der Waals surface area contributed by atoms with Gasteiger partial charge in [-0.1, -0.05) is 23.5 Å². The van der Waals surface area contributed by atoms with Crippen LogP contribution in [0, 0.1) is 10.1 Å². The highest BCUT2D eigenvalue weighted by Gasteiger charge is 2.29. The van der Waals surface area contributed by atoms with Crippen LogP contribution in [0.15, 0.2) is 63.8 Å². The van der Waals surface area contributed by atoms with Gasteiger partial charge in [0.05, 0.1) is 16.0 Å². The summed E-state index contributed by atoms with van der Waals surface area (Å²) in [4.78, 5) is 26.4. The lowest BCUT2D eigenvalue weighted by molar-refractivity contribution is -0.384. The lowest BCUT2D eigenvalue weighted by Crippen LogP contribution is -2.40. The van der Waals surface area contributed by atoms with Gasteiger partial charge in [0.25, 0.3) is 11.6 Å². The molecule has 0 radical (unpaired) electrons. The molecule has 154 valence electrons. The van der Waals surface area contributed by atoms with E-state index in [1.165, 1.54) is 0 Å². The number of para-hydroxylation sites is 2. The molecule has 1 N–H and O–H groups in total. The van der Waals surface area contributed by atoms with E-state index in [1.54, 1.807) is 24.3 Å². The molecule has 1 amide bonds. The van der Waals surface area contributed by atoms with E-state index in [-0.39, 0.29) is 26.5 Å². The number of nitro benzene ring substituents is 1. The zero-order valence-electron chi connectivity index (χ0n) is 15.0. The Morgan fingerprint density at radius 2 is 1.87 bits per heavy atom. The number of carbonyl (C=O) groups is 1. The smallest absolute Gasteiger partial charge is 0.270 e. The number of benzene rings is 2. The summed E-state index contributed by atoms with van der Waals surface area (Å²) < 4.78 is 36.4. The summed E-state index contributed by atoms with van der Waals surface area (Å²) in [6.45, 7) is 0.00216. The van der Waals surface area contributed by atoms with Gasteiger partial charge in [-0.25, -0.2) is 13.4 Å². The maximum absolute atomic E-state index is 12.7. The van der Waals surface area contributed by atoms with Crippen molar-refractivity contribution in [3.63, 3.8) is 0 Å². The lowest BCUT2D eigenvalue weighted by atomic mass is 10.2. The Hall–Kier alpha value is -3.51. The van der Waals surface area contributed by atoms with Gasteiger partial charge in [-0.15, -0.1) is 0 Å². The van der Waals surface area contributed by atoms with Gasteiger partial charge in [0.1, 0.15) is 10.8 Å². The third-order valence-corrected chi connectivity index (χ3v) is 7.28. The van der Waals surface area contributed by atoms with Crippen LogP contribution >= 0.6 is 11.3 Å². The van der Waals surface area contributed by atoms with Crippen LogP contribution in [0.4, 0.5) is 10.8 Å². The van der Waals surface area contributed by atoms with Crippen molar-refractivity contribution < 1.29 is 27.6 Å². The van der Waals surface area contributed by atoms with Gasteiger partial charge < -0.3 is 9.47 Å². The molecule has 2 aromatic carbocycles. The lowest BCUT2D eigenvalue weighted by Gasteiger charge is -2.25. The van der Waals surface area contributed by atoms with E-state index in [0.29, 0.717) is 11.5 Å². The number of hydrogen-bond acceptors (Lipinski definition) is 9. The number of carbonyl (C=O) groups excluding carboxylic acids is 1. The zero-order valence-corrected chi connectivity index (χ0v) is 16.7. The molecule has 1 aliphatic heterocycles. The Balaban J connectivity index is 1.47. The third-order valence-electron chi connectivity index (χ3n) is 4.14. The summed E-state index contributed by atoms with van der Waals surface area (Å²) in [7, 11) is -3.94. The number of amides is 1. The molecule has 4 rings (SSSR count). The molecule has 0 fully saturated rings. The van der Waals surface area contributed by atoms with E-state index in [1.807, 2.05) is 0 Å². The summed E-state index contributed by atoms with van der Waals surface area (Å²) in [6, 6.07) is 11.4. The fourth-order valence-corrected chi connectivity index (χ4v) is 5.07. The Bertz CT molecular complexity index is 1220. The Morgan fingerprint density at radius 3 is 2.57 bits per heavy atom. The molecular formula is C18H13N3O7S2. The zero-order chi connectivity index (χ0) is 21.3. The standard InChI is InChI=1S/C18H13N3O7S2/c22-17(15-10-27-13-3-1-2-4-14(13)28-15)20-18-19-9-16(29-18)30(25,26)12-7-5-11(6-8-12)21(23)24/h1-9,15H,10H2,(H,19,20,22)/t15-/m0/s1. The summed E-state index contributed by atoms with van der Waals surface area (Å²) >= 11 is 0.762. The molecule has 12 heteroatoms. The van der Waals surface area contributed by atoms with E-state index in [4.69, 9.17) is 9.47 Å². The number of fused-ring (bicyclic) bond motifs is 1. The largest absolute Gasteiger partial charge is 0.485 e. The molecular weight excluding hydrogens is 434 g/mol. The highest BCUT2D eigenvalue weighted by molar-refractivity contribution is 7.93. The maximum Gasteiger partial charge on any atom is 0.270 e. The number of nitro groups is 1. The minimum atomic E-state index is -3.94. The Labute approximate surface area is 174 Å². The molecule has 1 atom stereocenters. The summed E-state index contributed by atoms with van der Waals surface area (Å²) in [5.74, 6) is 0.440. The average molecular weight is 447 g/mol. The topological polar surface area (TPSA) is 138 Å². The number of hydrogen-bond donors (Lipinski definition) is 1. The molecule has 3 aromatic rings. The number of anilines is 1. The molecule has 0 saturated carbocycles. The predicted molar refractivity (Wildman–Crippen MR) is 106 cm³/mol. The quantitative estimate of drug-likeness (QED) is 0.465. The van der Waals surface area contributed by atoms with Gasteiger partial charge in [0, 0.05) is 12.1 Å².